The highest BCUT2D eigenvalue weighted by Gasteiger charge is 2.24. The van der Waals surface area contributed by atoms with Crippen LogP contribution in [0.2, 0.25) is 0 Å². The summed E-state index contributed by atoms with van der Waals surface area (Å²) < 4.78 is 0. The zero-order valence-corrected chi connectivity index (χ0v) is 15.0. The summed E-state index contributed by atoms with van der Waals surface area (Å²) in [6.45, 7) is 1.86. The fraction of sp³-hybridized carbons (Fsp3) is 0.562. The summed E-state index contributed by atoms with van der Waals surface area (Å²) in [5.74, 6) is 1.36. The smallest absolute Gasteiger partial charge is 0.326 e. The van der Waals surface area contributed by atoms with Crippen LogP contribution >= 0.6 is 23.1 Å². The van der Waals surface area contributed by atoms with Gasteiger partial charge in [0.25, 0.3) is 0 Å². The Balaban J connectivity index is 2.01. The van der Waals surface area contributed by atoms with Crippen LogP contribution < -0.4 is 5.32 Å². The van der Waals surface area contributed by atoms with Gasteiger partial charge in [0, 0.05) is 4.88 Å². The number of thiophene rings is 1. The lowest BCUT2D eigenvalue weighted by Gasteiger charge is -2.17. The van der Waals surface area contributed by atoms with Crippen LogP contribution in [-0.2, 0) is 17.6 Å². The second kappa shape index (κ2) is 7.05. The highest BCUT2D eigenvalue weighted by atomic mass is 32.2. The number of carboxylic acid groups (broad SMARTS) is 1. The molecule has 0 saturated carbocycles. The molecule has 0 fully saturated rings. The van der Waals surface area contributed by atoms with Gasteiger partial charge < -0.3 is 10.4 Å². The number of aromatic nitrogens is 2. The Morgan fingerprint density at radius 3 is 2.91 bits per heavy atom. The number of nitrogens with zero attached hydrogens (tertiary/aromatic N) is 2. The predicted octanol–water partition coefficient (Wildman–Crippen LogP) is 3.50. The average Bonchev–Trinajstić information content (AvgIpc) is 2.88. The van der Waals surface area contributed by atoms with Crippen LogP contribution in [0.3, 0.4) is 0 Å². The van der Waals surface area contributed by atoms with Gasteiger partial charge in [-0.2, -0.15) is 11.8 Å². The molecule has 7 heteroatoms. The summed E-state index contributed by atoms with van der Waals surface area (Å²) in [6, 6.07) is -0.612. The van der Waals surface area contributed by atoms with Crippen LogP contribution in [0, 0.1) is 6.92 Å². The summed E-state index contributed by atoms with van der Waals surface area (Å²) in [5.41, 5.74) is 1.33. The molecule has 3 rings (SSSR count). The molecule has 1 atom stereocenters. The number of anilines is 1. The van der Waals surface area contributed by atoms with E-state index >= 15 is 0 Å². The van der Waals surface area contributed by atoms with E-state index in [0.717, 1.165) is 28.8 Å². The molecule has 0 amide bonds. The second-order valence-electron chi connectivity index (χ2n) is 5.83. The number of carboxylic acids is 1. The first-order chi connectivity index (χ1) is 11.1. The van der Waals surface area contributed by atoms with E-state index in [2.05, 4.69) is 15.3 Å². The minimum absolute atomic E-state index is 0.577. The maximum atomic E-state index is 11.5. The molecular weight excluding hydrogens is 330 g/mol. The number of fused-ring (bicyclic) bond motifs is 3. The van der Waals surface area contributed by atoms with Gasteiger partial charge in [0.05, 0.1) is 5.39 Å². The molecule has 2 aromatic rings. The molecule has 0 aromatic carbocycles. The van der Waals surface area contributed by atoms with Crippen molar-refractivity contribution < 1.29 is 9.90 Å². The molecule has 5 nitrogen and oxygen atoms in total. The van der Waals surface area contributed by atoms with Gasteiger partial charge in [-0.3, -0.25) is 0 Å². The van der Waals surface area contributed by atoms with E-state index in [1.165, 1.54) is 23.3 Å². The zero-order valence-electron chi connectivity index (χ0n) is 13.4. The number of carbonyl (C=O) groups is 1. The van der Waals surface area contributed by atoms with Crippen LogP contribution in [0.5, 0.6) is 0 Å². The van der Waals surface area contributed by atoms with Crippen molar-refractivity contribution in [2.75, 3.05) is 17.3 Å². The fourth-order valence-electron chi connectivity index (χ4n) is 3.03. The number of aryl methyl sites for hydroxylation is 3. The van der Waals surface area contributed by atoms with Gasteiger partial charge in [0.15, 0.2) is 0 Å². The minimum Gasteiger partial charge on any atom is -0.480 e. The lowest BCUT2D eigenvalue weighted by Crippen LogP contribution is -2.30. The largest absolute Gasteiger partial charge is 0.480 e. The molecule has 1 aliphatic carbocycles. The molecule has 0 bridgehead atoms. The molecule has 2 heterocycles. The molecule has 23 heavy (non-hydrogen) atoms. The quantitative estimate of drug-likeness (QED) is 0.830. The summed E-state index contributed by atoms with van der Waals surface area (Å²) >= 11 is 3.39. The Morgan fingerprint density at radius 1 is 1.39 bits per heavy atom. The van der Waals surface area contributed by atoms with Gasteiger partial charge in [0.1, 0.15) is 22.5 Å². The van der Waals surface area contributed by atoms with Gasteiger partial charge in [-0.05, 0) is 56.6 Å². The number of thioether (sulfide) groups is 1. The Labute approximate surface area is 143 Å². The summed E-state index contributed by atoms with van der Waals surface area (Å²) in [6.07, 6.45) is 7.11. The zero-order chi connectivity index (χ0) is 16.4. The maximum absolute atomic E-state index is 11.5. The maximum Gasteiger partial charge on any atom is 0.326 e. The van der Waals surface area contributed by atoms with Crippen LogP contribution in [0.15, 0.2) is 0 Å². The third kappa shape index (κ3) is 3.45. The van der Waals surface area contributed by atoms with Gasteiger partial charge in [-0.15, -0.1) is 11.3 Å². The number of hydrogen-bond acceptors (Lipinski definition) is 6. The number of nitrogens with one attached hydrogen (secondary N) is 1. The van der Waals surface area contributed by atoms with Crippen molar-refractivity contribution in [1.82, 2.24) is 9.97 Å². The van der Waals surface area contributed by atoms with Crippen molar-refractivity contribution in [2.45, 2.75) is 45.1 Å². The first-order valence-corrected chi connectivity index (χ1v) is 10.1. The molecular formula is C16H21N3O2S2. The summed E-state index contributed by atoms with van der Waals surface area (Å²) in [4.78, 5) is 23.0. The molecule has 1 aliphatic rings. The molecule has 0 radical (unpaired) electrons. The molecule has 2 N–H and O–H groups in total. The highest BCUT2D eigenvalue weighted by molar-refractivity contribution is 7.98. The monoisotopic (exact) mass is 351 g/mol. The van der Waals surface area contributed by atoms with Gasteiger partial charge >= 0.3 is 5.97 Å². The normalized spacial score (nSPS) is 15.4. The van der Waals surface area contributed by atoms with Crippen molar-refractivity contribution in [1.29, 1.82) is 0 Å². The molecule has 0 aliphatic heterocycles. The van der Waals surface area contributed by atoms with Gasteiger partial charge in [-0.1, -0.05) is 0 Å². The van der Waals surface area contributed by atoms with E-state index in [4.69, 9.17) is 0 Å². The van der Waals surface area contributed by atoms with E-state index in [1.807, 2.05) is 13.2 Å². The van der Waals surface area contributed by atoms with Gasteiger partial charge in [0.2, 0.25) is 0 Å². The second-order valence-corrected chi connectivity index (χ2v) is 7.90. The minimum atomic E-state index is -0.826. The molecule has 0 spiro atoms. The Hall–Kier alpha value is -1.34. The predicted molar refractivity (Wildman–Crippen MR) is 96.8 cm³/mol. The highest BCUT2D eigenvalue weighted by Crippen LogP contribution is 2.38. The Kier molecular flexibility index (Phi) is 5.06. The van der Waals surface area contributed by atoms with Crippen LogP contribution in [0.1, 0.15) is 35.5 Å². The molecule has 124 valence electrons. The Morgan fingerprint density at radius 2 is 2.17 bits per heavy atom. The van der Waals surface area contributed by atoms with E-state index in [9.17, 15) is 9.90 Å². The van der Waals surface area contributed by atoms with Crippen LogP contribution in [0.4, 0.5) is 5.82 Å². The van der Waals surface area contributed by atoms with Crippen LogP contribution in [-0.4, -0.2) is 39.1 Å². The topological polar surface area (TPSA) is 75.1 Å². The van der Waals surface area contributed by atoms with E-state index in [1.54, 1.807) is 23.1 Å². The SMILES string of the molecule is CSCC[C@@H](Nc1nc(C)nc2sc3c(c12)CCCC3)C(=O)O. The van der Waals surface area contributed by atoms with Crippen molar-refractivity contribution in [3.8, 4) is 0 Å². The van der Waals surface area contributed by atoms with E-state index < -0.39 is 12.0 Å². The van der Waals surface area contributed by atoms with Crippen molar-refractivity contribution in [3.63, 3.8) is 0 Å². The van der Waals surface area contributed by atoms with E-state index in [0.29, 0.717) is 18.1 Å². The standard InChI is InChI=1S/C16H21N3O2S2/c1-9-17-14(19-11(16(20)21)7-8-22-2)13-10-5-3-4-6-12(10)23-15(13)18-9/h11H,3-8H2,1-2H3,(H,20,21)(H,17,18,19)/t11-/m1/s1. The average molecular weight is 351 g/mol. The molecule has 0 unspecified atom stereocenters. The van der Waals surface area contributed by atoms with Crippen molar-refractivity contribution in [2.24, 2.45) is 0 Å². The number of hydrogen-bond donors (Lipinski definition) is 2. The van der Waals surface area contributed by atoms with E-state index in [-0.39, 0.29) is 0 Å². The van der Waals surface area contributed by atoms with Crippen LogP contribution in [0.25, 0.3) is 10.2 Å². The third-order valence-electron chi connectivity index (χ3n) is 4.15. The number of aliphatic carboxylic acids is 1. The lowest BCUT2D eigenvalue weighted by molar-refractivity contribution is -0.137. The molecule has 0 saturated heterocycles. The first-order valence-electron chi connectivity index (χ1n) is 7.87. The summed E-state index contributed by atoms with van der Waals surface area (Å²) in [7, 11) is 0. The fourth-order valence-corrected chi connectivity index (χ4v) is 4.80. The van der Waals surface area contributed by atoms with Crippen molar-refractivity contribution in [3.05, 3.63) is 16.3 Å². The number of rotatable bonds is 6. The van der Waals surface area contributed by atoms with Crippen molar-refractivity contribution >= 4 is 45.1 Å². The first kappa shape index (κ1) is 16.5. The third-order valence-corrected chi connectivity index (χ3v) is 5.98. The summed E-state index contributed by atoms with van der Waals surface area (Å²) in [5, 5.41) is 13.7. The Bertz CT molecular complexity index is 730. The molecule has 2 aromatic heterocycles. The lowest BCUT2D eigenvalue weighted by atomic mass is 9.97. The van der Waals surface area contributed by atoms with Gasteiger partial charge in [-0.25, -0.2) is 14.8 Å².